The van der Waals surface area contributed by atoms with Gasteiger partial charge in [0.15, 0.2) is 0 Å². The Morgan fingerprint density at radius 2 is 1.85 bits per heavy atom. The van der Waals surface area contributed by atoms with Crippen LogP contribution in [0.1, 0.15) is 31.4 Å². The largest absolute Gasteiger partial charge is 0.491 e. The minimum atomic E-state index is -0.143. The van der Waals surface area contributed by atoms with Gasteiger partial charge in [-0.15, -0.1) is 0 Å². The SMILES string of the molecule is Cc1ccc2cc(CCC(=O)Nc3ccc(OC(C)C)cc3)c(=O)[nH]c2c1. The van der Waals surface area contributed by atoms with Crippen molar-refractivity contribution in [3.63, 3.8) is 0 Å². The molecule has 1 aromatic heterocycles. The number of rotatable bonds is 6. The average Bonchev–Trinajstić information content (AvgIpc) is 2.61. The van der Waals surface area contributed by atoms with Crippen LogP contribution in [0.3, 0.4) is 0 Å². The number of hydrogen-bond acceptors (Lipinski definition) is 3. The molecular formula is C22H24N2O3. The molecule has 0 aliphatic carbocycles. The van der Waals surface area contributed by atoms with Crippen LogP contribution in [0.15, 0.2) is 53.3 Å². The molecule has 1 heterocycles. The normalized spacial score (nSPS) is 11.0. The number of pyridine rings is 1. The lowest BCUT2D eigenvalue weighted by Crippen LogP contribution is -2.17. The number of benzene rings is 2. The van der Waals surface area contributed by atoms with Crippen molar-refractivity contribution in [3.8, 4) is 5.75 Å². The van der Waals surface area contributed by atoms with Crippen LogP contribution in [0.2, 0.25) is 0 Å². The molecule has 3 aromatic rings. The van der Waals surface area contributed by atoms with Crippen molar-refractivity contribution in [3.05, 3.63) is 70.0 Å². The number of H-pyrrole nitrogens is 1. The highest BCUT2D eigenvalue weighted by Gasteiger charge is 2.08. The van der Waals surface area contributed by atoms with E-state index >= 15 is 0 Å². The van der Waals surface area contributed by atoms with Crippen LogP contribution in [-0.2, 0) is 11.2 Å². The minimum absolute atomic E-state index is 0.106. The van der Waals surface area contributed by atoms with Gasteiger partial charge >= 0.3 is 0 Å². The summed E-state index contributed by atoms with van der Waals surface area (Å²) in [6, 6.07) is 15.0. The molecule has 0 aliphatic heterocycles. The molecule has 3 rings (SSSR count). The highest BCUT2D eigenvalue weighted by atomic mass is 16.5. The number of carbonyl (C=O) groups is 1. The number of nitrogens with one attached hydrogen (secondary N) is 2. The fourth-order valence-corrected chi connectivity index (χ4v) is 2.91. The third kappa shape index (κ3) is 4.97. The molecular weight excluding hydrogens is 340 g/mol. The average molecular weight is 364 g/mol. The van der Waals surface area contributed by atoms with Gasteiger partial charge in [0, 0.05) is 23.2 Å². The van der Waals surface area contributed by atoms with Crippen LogP contribution in [0, 0.1) is 6.92 Å². The molecule has 140 valence electrons. The Kier molecular flexibility index (Phi) is 5.60. The van der Waals surface area contributed by atoms with Gasteiger partial charge in [-0.05, 0) is 74.5 Å². The summed E-state index contributed by atoms with van der Waals surface area (Å²) < 4.78 is 5.58. The van der Waals surface area contributed by atoms with Crippen molar-refractivity contribution in [2.45, 2.75) is 39.7 Å². The zero-order valence-corrected chi connectivity index (χ0v) is 15.8. The van der Waals surface area contributed by atoms with E-state index in [2.05, 4.69) is 10.3 Å². The summed E-state index contributed by atoms with van der Waals surface area (Å²) in [6.07, 6.45) is 0.735. The van der Waals surface area contributed by atoms with E-state index in [0.717, 1.165) is 22.2 Å². The van der Waals surface area contributed by atoms with Crippen molar-refractivity contribution in [1.82, 2.24) is 4.98 Å². The number of aryl methyl sites for hydroxylation is 2. The molecule has 0 fully saturated rings. The number of fused-ring (bicyclic) bond motifs is 1. The van der Waals surface area contributed by atoms with Crippen LogP contribution in [0.4, 0.5) is 5.69 Å². The van der Waals surface area contributed by atoms with Gasteiger partial charge in [0.1, 0.15) is 5.75 Å². The first kappa shape index (κ1) is 18.7. The van der Waals surface area contributed by atoms with Crippen molar-refractivity contribution < 1.29 is 9.53 Å². The zero-order chi connectivity index (χ0) is 19.4. The van der Waals surface area contributed by atoms with Crippen molar-refractivity contribution in [2.75, 3.05) is 5.32 Å². The number of ether oxygens (including phenoxy) is 1. The van der Waals surface area contributed by atoms with Gasteiger partial charge in [-0.3, -0.25) is 9.59 Å². The predicted octanol–water partition coefficient (Wildman–Crippen LogP) is 4.20. The maximum Gasteiger partial charge on any atom is 0.251 e. The molecule has 0 saturated carbocycles. The molecule has 5 nitrogen and oxygen atoms in total. The van der Waals surface area contributed by atoms with Gasteiger partial charge in [0.05, 0.1) is 6.10 Å². The van der Waals surface area contributed by atoms with Gasteiger partial charge in [-0.2, -0.15) is 0 Å². The van der Waals surface area contributed by atoms with Crippen molar-refractivity contribution in [2.24, 2.45) is 0 Å². The molecule has 27 heavy (non-hydrogen) atoms. The number of amides is 1. The number of hydrogen-bond donors (Lipinski definition) is 2. The third-order valence-electron chi connectivity index (χ3n) is 4.21. The number of aromatic amines is 1. The van der Waals surface area contributed by atoms with E-state index in [-0.39, 0.29) is 24.0 Å². The Labute approximate surface area is 158 Å². The topological polar surface area (TPSA) is 71.2 Å². The molecule has 0 saturated heterocycles. The van der Waals surface area contributed by atoms with Gasteiger partial charge in [0.2, 0.25) is 5.91 Å². The fourth-order valence-electron chi connectivity index (χ4n) is 2.91. The van der Waals surface area contributed by atoms with Crippen LogP contribution in [-0.4, -0.2) is 17.0 Å². The van der Waals surface area contributed by atoms with E-state index < -0.39 is 0 Å². The third-order valence-corrected chi connectivity index (χ3v) is 4.21. The molecule has 0 atom stereocenters. The quantitative estimate of drug-likeness (QED) is 0.689. The molecule has 5 heteroatoms. The van der Waals surface area contributed by atoms with Crippen LogP contribution < -0.4 is 15.6 Å². The van der Waals surface area contributed by atoms with E-state index in [1.54, 1.807) is 12.1 Å². The zero-order valence-electron chi connectivity index (χ0n) is 15.8. The van der Waals surface area contributed by atoms with Gasteiger partial charge < -0.3 is 15.0 Å². The summed E-state index contributed by atoms with van der Waals surface area (Å²) in [5.74, 6) is 0.636. The molecule has 2 aromatic carbocycles. The summed E-state index contributed by atoms with van der Waals surface area (Å²) in [7, 11) is 0. The maximum absolute atomic E-state index is 12.2. The number of anilines is 1. The molecule has 0 aliphatic rings. The first-order valence-corrected chi connectivity index (χ1v) is 9.10. The highest BCUT2D eigenvalue weighted by molar-refractivity contribution is 5.91. The first-order chi connectivity index (χ1) is 12.9. The van der Waals surface area contributed by atoms with Gasteiger partial charge in [-0.25, -0.2) is 0 Å². The molecule has 0 bridgehead atoms. The molecule has 1 amide bonds. The Morgan fingerprint density at radius 3 is 2.56 bits per heavy atom. The van der Waals surface area contributed by atoms with E-state index in [4.69, 9.17) is 4.74 Å². The second kappa shape index (κ2) is 8.08. The highest BCUT2D eigenvalue weighted by Crippen LogP contribution is 2.17. The van der Waals surface area contributed by atoms with Crippen LogP contribution >= 0.6 is 0 Å². The molecule has 2 N–H and O–H groups in total. The van der Waals surface area contributed by atoms with Crippen molar-refractivity contribution in [1.29, 1.82) is 0 Å². The van der Waals surface area contributed by atoms with Gasteiger partial charge in [0.25, 0.3) is 5.56 Å². The monoisotopic (exact) mass is 364 g/mol. The van der Waals surface area contributed by atoms with E-state index in [9.17, 15) is 9.59 Å². The minimum Gasteiger partial charge on any atom is -0.491 e. The molecule has 0 spiro atoms. The van der Waals surface area contributed by atoms with E-state index in [1.807, 2.05) is 57.2 Å². The lowest BCUT2D eigenvalue weighted by atomic mass is 10.1. The molecule has 0 unspecified atom stereocenters. The fraction of sp³-hybridized carbons (Fsp3) is 0.273. The summed E-state index contributed by atoms with van der Waals surface area (Å²) in [5, 5.41) is 3.82. The summed E-state index contributed by atoms with van der Waals surface area (Å²) in [5.41, 5.74) is 3.09. The second-order valence-electron chi connectivity index (χ2n) is 6.95. The predicted molar refractivity (Wildman–Crippen MR) is 108 cm³/mol. The van der Waals surface area contributed by atoms with E-state index in [1.165, 1.54) is 0 Å². The lowest BCUT2D eigenvalue weighted by Gasteiger charge is -2.10. The second-order valence-corrected chi connectivity index (χ2v) is 6.95. The summed E-state index contributed by atoms with van der Waals surface area (Å²) in [6.45, 7) is 5.91. The Balaban J connectivity index is 1.62. The number of aromatic nitrogens is 1. The lowest BCUT2D eigenvalue weighted by molar-refractivity contribution is -0.116. The summed E-state index contributed by atoms with van der Waals surface area (Å²) in [4.78, 5) is 27.3. The van der Waals surface area contributed by atoms with E-state index in [0.29, 0.717) is 17.7 Å². The summed E-state index contributed by atoms with van der Waals surface area (Å²) >= 11 is 0. The number of carbonyl (C=O) groups excluding carboxylic acids is 1. The Bertz CT molecular complexity index is 1000. The van der Waals surface area contributed by atoms with Crippen LogP contribution in [0.25, 0.3) is 10.9 Å². The maximum atomic E-state index is 12.2. The van der Waals surface area contributed by atoms with Crippen LogP contribution in [0.5, 0.6) is 5.75 Å². The Morgan fingerprint density at radius 1 is 1.11 bits per heavy atom. The standard InChI is InChI=1S/C22H24N2O3/c1-14(2)27-19-9-7-18(8-10-19)23-21(25)11-6-17-13-16-5-4-15(3)12-20(16)24-22(17)26/h4-5,7-10,12-14H,6,11H2,1-3H3,(H,23,25)(H,24,26). The first-order valence-electron chi connectivity index (χ1n) is 9.10. The van der Waals surface area contributed by atoms with Crippen molar-refractivity contribution >= 4 is 22.5 Å². The van der Waals surface area contributed by atoms with Gasteiger partial charge in [-0.1, -0.05) is 12.1 Å². The Hall–Kier alpha value is -3.08. The smallest absolute Gasteiger partial charge is 0.251 e. The molecule has 0 radical (unpaired) electrons.